The molecule has 0 aromatic heterocycles. The maximum Gasteiger partial charge on any atom is 0.519 e. The topological polar surface area (TPSA) is 122 Å². The van der Waals surface area contributed by atoms with Crippen molar-refractivity contribution in [1.29, 1.82) is 0 Å². The van der Waals surface area contributed by atoms with E-state index in [1.807, 2.05) is 26.0 Å². The molecule has 176 valence electrons. The van der Waals surface area contributed by atoms with Crippen LogP contribution in [0.1, 0.15) is 25.0 Å². The Bertz CT molecular complexity index is 1070. The molecule has 0 radical (unpaired) electrons. The highest BCUT2D eigenvalue weighted by Crippen LogP contribution is 2.28. The largest absolute Gasteiger partial charge is 0.519 e. The first kappa shape index (κ1) is 25.7. The lowest BCUT2D eigenvalue weighted by molar-refractivity contribution is -0.385. The summed E-state index contributed by atoms with van der Waals surface area (Å²) in [6.45, 7) is 3.70. The number of carbonyl (C=O) groups is 1. The van der Waals surface area contributed by atoms with Crippen molar-refractivity contribution < 1.29 is 24.1 Å². The monoisotopic (exact) mass is 464 g/mol. The van der Waals surface area contributed by atoms with E-state index in [9.17, 15) is 25.0 Å². The molecule has 2 rings (SSSR count). The number of allylic oxidation sites excluding steroid dienone is 8. The van der Waals surface area contributed by atoms with Gasteiger partial charge in [-0.1, -0.05) is 48.6 Å². The molecule has 2 aromatic rings. The average Bonchev–Trinajstić information content (AvgIpc) is 2.81. The Balaban J connectivity index is 2.27. The van der Waals surface area contributed by atoms with Gasteiger partial charge in [-0.2, -0.15) is 0 Å². The van der Waals surface area contributed by atoms with Gasteiger partial charge in [0.05, 0.1) is 9.85 Å². The predicted octanol–water partition coefficient (Wildman–Crippen LogP) is 6.43. The Morgan fingerprint density at radius 1 is 0.765 bits per heavy atom. The number of nitro groups is 2. The van der Waals surface area contributed by atoms with Crippen molar-refractivity contribution in [3.05, 3.63) is 116 Å². The molecule has 0 bridgehead atoms. The van der Waals surface area contributed by atoms with Gasteiger partial charge in [0.25, 0.3) is 11.4 Å². The Morgan fingerprint density at radius 2 is 1.18 bits per heavy atom. The summed E-state index contributed by atoms with van der Waals surface area (Å²) in [6, 6.07) is 7.76. The van der Waals surface area contributed by atoms with Crippen LogP contribution in [0.5, 0.6) is 11.5 Å². The van der Waals surface area contributed by atoms with Gasteiger partial charge in [-0.25, -0.2) is 4.79 Å². The molecular weight excluding hydrogens is 440 g/mol. The van der Waals surface area contributed by atoms with Gasteiger partial charge in [-0.15, -0.1) is 0 Å². The second kappa shape index (κ2) is 13.1. The first-order chi connectivity index (χ1) is 16.3. The minimum atomic E-state index is -1.07. The molecule has 0 N–H and O–H groups in total. The molecule has 0 atom stereocenters. The Kier molecular flexibility index (Phi) is 9.93. The average molecular weight is 464 g/mol. The SMILES string of the molecule is C/C=C/C=C/Cc1cc([N+](=O)[O-])ccc1OC(=O)Oc1ccc([N+](=O)[O-])cc1C/C=C/C=C/C. The highest BCUT2D eigenvalue weighted by Gasteiger charge is 2.18. The molecule has 0 amide bonds. The number of hydrogen-bond acceptors (Lipinski definition) is 7. The van der Waals surface area contributed by atoms with Gasteiger partial charge < -0.3 is 9.47 Å². The fourth-order valence-electron chi connectivity index (χ4n) is 2.85. The predicted molar refractivity (Wildman–Crippen MR) is 128 cm³/mol. The molecule has 0 heterocycles. The van der Waals surface area contributed by atoms with Gasteiger partial charge in [0.2, 0.25) is 0 Å². The van der Waals surface area contributed by atoms with Gasteiger partial charge in [-0.05, 0) is 38.8 Å². The standard InChI is InChI=1S/C25H24N2O7/c1-3-5-7-9-11-19-17-21(26(29)30)13-15-23(19)33-25(28)34-24-16-14-22(27(31)32)18-20(24)12-10-8-6-4-2/h3-10,13-18H,11-12H2,1-2H3/b5-3+,6-4+,9-7+,10-8+. The van der Waals surface area contributed by atoms with Gasteiger partial charge >= 0.3 is 6.16 Å². The van der Waals surface area contributed by atoms with E-state index in [0.717, 1.165) is 0 Å². The van der Waals surface area contributed by atoms with Gasteiger partial charge in [-0.3, -0.25) is 20.2 Å². The number of hydrogen-bond donors (Lipinski definition) is 0. The Hall–Kier alpha value is -4.53. The summed E-state index contributed by atoms with van der Waals surface area (Å²) in [5, 5.41) is 22.3. The molecule has 0 spiro atoms. The Labute approximate surface area is 196 Å². The highest BCUT2D eigenvalue weighted by molar-refractivity contribution is 5.69. The third kappa shape index (κ3) is 7.86. The van der Waals surface area contributed by atoms with E-state index in [1.165, 1.54) is 36.4 Å². The van der Waals surface area contributed by atoms with Gasteiger partial charge in [0.15, 0.2) is 0 Å². The first-order valence-corrected chi connectivity index (χ1v) is 10.4. The van der Waals surface area contributed by atoms with Crippen molar-refractivity contribution in [3.63, 3.8) is 0 Å². The summed E-state index contributed by atoms with van der Waals surface area (Å²) in [6.07, 6.45) is 13.8. The van der Waals surface area contributed by atoms with E-state index in [0.29, 0.717) is 11.1 Å². The lowest BCUT2D eigenvalue weighted by Gasteiger charge is -2.11. The maximum absolute atomic E-state index is 12.5. The number of ether oxygens (including phenoxy) is 2. The van der Waals surface area contributed by atoms with Crippen molar-refractivity contribution in [1.82, 2.24) is 0 Å². The van der Waals surface area contributed by atoms with E-state index in [2.05, 4.69) is 0 Å². The van der Waals surface area contributed by atoms with E-state index >= 15 is 0 Å². The summed E-state index contributed by atoms with van der Waals surface area (Å²) in [7, 11) is 0. The maximum atomic E-state index is 12.5. The summed E-state index contributed by atoms with van der Waals surface area (Å²) in [4.78, 5) is 33.7. The molecule has 0 aliphatic carbocycles. The van der Waals surface area contributed by atoms with Crippen molar-refractivity contribution >= 4 is 17.5 Å². The van der Waals surface area contributed by atoms with Crippen LogP contribution in [-0.4, -0.2) is 16.0 Å². The lowest BCUT2D eigenvalue weighted by Crippen LogP contribution is -2.15. The molecule has 9 heteroatoms. The van der Waals surface area contributed by atoms with Crippen LogP contribution in [0.25, 0.3) is 0 Å². The van der Waals surface area contributed by atoms with Crippen LogP contribution in [0, 0.1) is 20.2 Å². The molecule has 0 saturated carbocycles. The molecule has 0 unspecified atom stereocenters. The third-order valence-corrected chi connectivity index (χ3v) is 4.45. The third-order valence-electron chi connectivity index (χ3n) is 4.45. The smallest absolute Gasteiger partial charge is 0.394 e. The van der Waals surface area contributed by atoms with Crippen molar-refractivity contribution in [2.45, 2.75) is 26.7 Å². The highest BCUT2D eigenvalue weighted by atomic mass is 16.7. The zero-order valence-electron chi connectivity index (χ0n) is 18.7. The van der Waals surface area contributed by atoms with Crippen LogP contribution < -0.4 is 9.47 Å². The van der Waals surface area contributed by atoms with E-state index < -0.39 is 16.0 Å². The van der Waals surface area contributed by atoms with Crippen molar-refractivity contribution in [2.24, 2.45) is 0 Å². The van der Waals surface area contributed by atoms with Crippen LogP contribution in [0.2, 0.25) is 0 Å². The zero-order chi connectivity index (χ0) is 24.9. The molecule has 2 aromatic carbocycles. The molecule has 0 aliphatic rings. The van der Waals surface area contributed by atoms with Gasteiger partial charge in [0, 0.05) is 35.4 Å². The number of rotatable bonds is 10. The van der Waals surface area contributed by atoms with E-state index in [-0.39, 0.29) is 35.7 Å². The molecule has 0 fully saturated rings. The molecule has 9 nitrogen and oxygen atoms in total. The van der Waals surface area contributed by atoms with Crippen LogP contribution in [0.3, 0.4) is 0 Å². The number of nitro benzene ring substituents is 2. The first-order valence-electron chi connectivity index (χ1n) is 10.4. The molecule has 0 saturated heterocycles. The normalized spacial score (nSPS) is 11.6. The van der Waals surface area contributed by atoms with Crippen LogP contribution in [0.15, 0.2) is 85.0 Å². The van der Waals surface area contributed by atoms with Crippen LogP contribution >= 0.6 is 0 Å². The molecular formula is C25H24N2O7. The quantitative estimate of drug-likeness (QED) is 0.130. The molecule has 0 aliphatic heterocycles. The number of carbonyl (C=O) groups excluding carboxylic acids is 1. The number of nitrogens with zero attached hydrogens (tertiary/aromatic N) is 2. The number of benzene rings is 2. The zero-order valence-corrected chi connectivity index (χ0v) is 18.7. The van der Waals surface area contributed by atoms with E-state index in [1.54, 1.807) is 36.5 Å². The second-order valence-electron chi connectivity index (χ2n) is 6.87. The van der Waals surface area contributed by atoms with Crippen molar-refractivity contribution in [2.75, 3.05) is 0 Å². The second-order valence-corrected chi connectivity index (χ2v) is 6.87. The van der Waals surface area contributed by atoms with Crippen molar-refractivity contribution in [3.8, 4) is 11.5 Å². The lowest BCUT2D eigenvalue weighted by atomic mass is 10.1. The fraction of sp³-hybridized carbons (Fsp3) is 0.160. The summed E-state index contributed by atoms with van der Waals surface area (Å²) in [5.74, 6) is 0.217. The fourth-order valence-corrected chi connectivity index (χ4v) is 2.85. The summed E-state index contributed by atoms with van der Waals surface area (Å²) < 4.78 is 10.6. The minimum Gasteiger partial charge on any atom is -0.394 e. The summed E-state index contributed by atoms with van der Waals surface area (Å²) >= 11 is 0. The summed E-state index contributed by atoms with van der Waals surface area (Å²) in [5.41, 5.74) is 0.566. The van der Waals surface area contributed by atoms with E-state index in [4.69, 9.17) is 9.47 Å². The van der Waals surface area contributed by atoms with Crippen LogP contribution in [-0.2, 0) is 12.8 Å². The van der Waals surface area contributed by atoms with Gasteiger partial charge in [0.1, 0.15) is 11.5 Å². The molecule has 34 heavy (non-hydrogen) atoms. The number of non-ortho nitro benzene ring substituents is 2. The Morgan fingerprint density at radius 3 is 1.53 bits per heavy atom. The minimum absolute atomic E-state index is 0.108. The van der Waals surface area contributed by atoms with Crippen LogP contribution in [0.4, 0.5) is 16.2 Å².